The van der Waals surface area contributed by atoms with Crippen molar-refractivity contribution in [1.82, 2.24) is 4.41 Å². The van der Waals surface area contributed by atoms with Crippen LogP contribution in [0.25, 0.3) is 0 Å². The lowest BCUT2D eigenvalue weighted by atomic mass is 10.00. The maximum absolute atomic E-state index is 13.4. The van der Waals surface area contributed by atoms with Crippen molar-refractivity contribution in [3.63, 3.8) is 0 Å². The summed E-state index contributed by atoms with van der Waals surface area (Å²) in [5.41, 5.74) is -2.81. The molecule has 0 radical (unpaired) electrons. The number of hydrogen-bond acceptors (Lipinski definition) is 4. The number of nitrogens with zero attached hydrogens (tertiary/aromatic N) is 2. The molecule has 0 amide bonds. The molecule has 1 N–H and O–H groups in total. The predicted molar refractivity (Wildman–Crippen MR) is 82.7 cm³/mol. The molecular formula is C15H19F3N2O3S. The van der Waals surface area contributed by atoms with Gasteiger partial charge in [-0.3, -0.25) is 0 Å². The number of halogens is 3. The van der Waals surface area contributed by atoms with Crippen LogP contribution in [0.15, 0.2) is 34.3 Å². The van der Waals surface area contributed by atoms with Gasteiger partial charge >= 0.3 is 6.18 Å². The Morgan fingerprint density at radius 3 is 2.29 bits per heavy atom. The molecule has 5 nitrogen and oxygen atoms in total. The third-order valence-corrected chi connectivity index (χ3v) is 5.35. The van der Waals surface area contributed by atoms with Crippen molar-refractivity contribution in [1.29, 1.82) is 0 Å². The van der Waals surface area contributed by atoms with Gasteiger partial charge in [-0.15, -0.1) is 4.41 Å². The lowest BCUT2D eigenvalue weighted by molar-refractivity contribution is -0.291. The van der Waals surface area contributed by atoms with Gasteiger partial charge in [0.25, 0.3) is 15.7 Å². The minimum absolute atomic E-state index is 0.000474. The molecule has 1 aliphatic rings. The van der Waals surface area contributed by atoms with Gasteiger partial charge in [0.05, 0.1) is 4.90 Å². The Labute approximate surface area is 138 Å². The fourth-order valence-corrected chi connectivity index (χ4v) is 3.92. The van der Waals surface area contributed by atoms with Crippen molar-refractivity contribution in [2.45, 2.75) is 50.4 Å². The van der Waals surface area contributed by atoms with Crippen molar-refractivity contribution < 1.29 is 26.7 Å². The van der Waals surface area contributed by atoms with Crippen LogP contribution in [0.4, 0.5) is 13.2 Å². The zero-order chi connectivity index (χ0) is 18.3. The number of hydrogen-bond donors (Lipinski definition) is 1. The summed E-state index contributed by atoms with van der Waals surface area (Å²) >= 11 is 0. The zero-order valence-corrected chi connectivity index (χ0v) is 14.3. The molecule has 0 spiro atoms. The minimum atomic E-state index is -5.17. The van der Waals surface area contributed by atoms with Gasteiger partial charge in [0.2, 0.25) is 0 Å². The van der Waals surface area contributed by atoms with Crippen molar-refractivity contribution in [3.05, 3.63) is 29.8 Å². The molecule has 1 aliphatic heterocycles. The van der Waals surface area contributed by atoms with Crippen LogP contribution in [0.1, 0.15) is 32.3 Å². The second-order valence-corrected chi connectivity index (χ2v) is 8.08. The van der Waals surface area contributed by atoms with Gasteiger partial charge in [-0.1, -0.05) is 31.5 Å². The molecule has 0 saturated carbocycles. The highest BCUT2D eigenvalue weighted by atomic mass is 32.2. The summed E-state index contributed by atoms with van der Waals surface area (Å²) in [7, 11) is -4.64. The first kappa shape index (κ1) is 18.7. The van der Waals surface area contributed by atoms with Crippen LogP contribution < -0.4 is 0 Å². The van der Waals surface area contributed by atoms with E-state index in [9.17, 15) is 26.7 Å². The molecule has 24 heavy (non-hydrogen) atoms. The number of rotatable bonds is 4. The van der Waals surface area contributed by atoms with Crippen molar-refractivity contribution >= 4 is 15.7 Å². The number of aryl methyl sites for hydroxylation is 1. The summed E-state index contributed by atoms with van der Waals surface area (Å²) in [6.07, 6.45) is -5.90. The van der Waals surface area contributed by atoms with E-state index < -0.39 is 28.3 Å². The highest BCUT2D eigenvalue weighted by Crippen LogP contribution is 2.43. The quantitative estimate of drug-likeness (QED) is 0.893. The molecule has 134 valence electrons. The molecule has 0 aromatic heterocycles. The van der Waals surface area contributed by atoms with E-state index in [4.69, 9.17) is 0 Å². The average molecular weight is 364 g/mol. The van der Waals surface area contributed by atoms with E-state index in [1.165, 1.54) is 24.3 Å². The number of hydrazone groups is 1. The van der Waals surface area contributed by atoms with Gasteiger partial charge in [-0.05, 0) is 31.4 Å². The van der Waals surface area contributed by atoms with E-state index in [1.54, 1.807) is 20.8 Å². The Hall–Kier alpha value is -1.61. The SMILES string of the molecule is Cc1ccc(S(=O)(=O)N2N=C(CC(C)C)CC2(O)C(F)(F)F)cc1. The fraction of sp³-hybridized carbons (Fsp3) is 0.533. The van der Waals surface area contributed by atoms with Gasteiger partial charge in [0.15, 0.2) is 0 Å². The maximum atomic E-state index is 13.4. The van der Waals surface area contributed by atoms with Crippen molar-refractivity contribution in [2.24, 2.45) is 11.0 Å². The molecule has 0 bridgehead atoms. The number of alkyl halides is 3. The monoisotopic (exact) mass is 364 g/mol. The van der Waals surface area contributed by atoms with Crippen LogP contribution in [0.5, 0.6) is 0 Å². The first-order valence-electron chi connectivity index (χ1n) is 7.35. The molecule has 2 rings (SSSR count). The number of aliphatic hydroxyl groups is 1. The average Bonchev–Trinajstić information content (AvgIpc) is 2.77. The van der Waals surface area contributed by atoms with Crippen molar-refractivity contribution in [3.8, 4) is 0 Å². The van der Waals surface area contributed by atoms with E-state index in [0.29, 0.717) is 0 Å². The maximum Gasteiger partial charge on any atom is 0.439 e. The fourth-order valence-electron chi connectivity index (χ4n) is 2.45. The number of benzene rings is 1. The Morgan fingerprint density at radius 1 is 1.29 bits per heavy atom. The summed E-state index contributed by atoms with van der Waals surface area (Å²) in [6, 6.07) is 5.32. The standard InChI is InChI=1S/C15H19F3N2O3S/c1-10(2)8-12-9-14(21,15(16,17)18)20(19-12)24(22,23)13-6-4-11(3)5-7-13/h4-7,10,21H,8-9H2,1-3H3. The van der Waals surface area contributed by atoms with Gasteiger partial charge in [0.1, 0.15) is 0 Å². The van der Waals surface area contributed by atoms with Gasteiger partial charge in [-0.2, -0.15) is 26.7 Å². The highest BCUT2D eigenvalue weighted by Gasteiger charge is 2.64. The largest absolute Gasteiger partial charge is 0.439 e. The zero-order valence-electron chi connectivity index (χ0n) is 13.5. The highest BCUT2D eigenvalue weighted by molar-refractivity contribution is 7.89. The predicted octanol–water partition coefficient (Wildman–Crippen LogP) is 3.04. The van der Waals surface area contributed by atoms with Crippen LogP contribution >= 0.6 is 0 Å². The third-order valence-electron chi connectivity index (χ3n) is 3.64. The lowest BCUT2D eigenvalue weighted by Crippen LogP contribution is -2.56. The molecule has 1 unspecified atom stereocenters. The molecular weight excluding hydrogens is 345 g/mol. The molecule has 9 heteroatoms. The van der Waals surface area contributed by atoms with Crippen LogP contribution in [0.3, 0.4) is 0 Å². The number of sulfonamides is 1. The molecule has 1 atom stereocenters. The topological polar surface area (TPSA) is 70.0 Å². The normalized spacial score (nSPS) is 22.2. The smallest absolute Gasteiger partial charge is 0.361 e. The van der Waals surface area contributed by atoms with Crippen LogP contribution in [0.2, 0.25) is 0 Å². The Balaban J connectivity index is 2.53. The molecule has 1 aromatic rings. The molecule has 0 saturated heterocycles. The van der Waals surface area contributed by atoms with E-state index in [0.717, 1.165) is 5.56 Å². The third kappa shape index (κ3) is 3.27. The molecule has 0 aliphatic carbocycles. The minimum Gasteiger partial charge on any atom is -0.361 e. The van der Waals surface area contributed by atoms with E-state index in [2.05, 4.69) is 5.10 Å². The van der Waals surface area contributed by atoms with E-state index in [1.807, 2.05) is 0 Å². The first-order valence-corrected chi connectivity index (χ1v) is 8.79. The lowest BCUT2D eigenvalue weighted by Gasteiger charge is -2.33. The first-order chi connectivity index (χ1) is 10.9. The Morgan fingerprint density at radius 2 is 1.83 bits per heavy atom. The van der Waals surface area contributed by atoms with Gasteiger partial charge in [-0.25, -0.2) is 0 Å². The Bertz CT molecular complexity index is 742. The Kier molecular flexibility index (Phi) is 4.71. The van der Waals surface area contributed by atoms with Crippen molar-refractivity contribution in [2.75, 3.05) is 0 Å². The molecule has 1 heterocycles. The van der Waals surface area contributed by atoms with E-state index in [-0.39, 0.29) is 27.4 Å². The van der Waals surface area contributed by atoms with E-state index >= 15 is 0 Å². The summed E-state index contributed by atoms with van der Waals surface area (Å²) in [4.78, 5) is -0.356. The summed E-state index contributed by atoms with van der Waals surface area (Å²) in [5.74, 6) is -0.0248. The molecule has 1 aromatic carbocycles. The summed E-state index contributed by atoms with van der Waals surface area (Å²) in [6.45, 7) is 5.26. The molecule has 0 fully saturated rings. The summed E-state index contributed by atoms with van der Waals surface area (Å²) < 4.78 is 65.2. The second kappa shape index (κ2) is 6.03. The summed E-state index contributed by atoms with van der Waals surface area (Å²) in [5, 5.41) is 13.7. The van der Waals surface area contributed by atoms with Crippen LogP contribution in [0, 0.1) is 12.8 Å². The van der Waals surface area contributed by atoms with Crippen LogP contribution in [-0.2, 0) is 10.0 Å². The second-order valence-electron chi connectivity index (χ2n) is 6.32. The van der Waals surface area contributed by atoms with Gasteiger partial charge < -0.3 is 5.11 Å². The van der Waals surface area contributed by atoms with Gasteiger partial charge in [0, 0.05) is 12.1 Å². The van der Waals surface area contributed by atoms with Crippen LogP contribution in [-0.4, -0.2) is 35.6 Å².